The van der Waals surface area contributed by atoms with E-state index in [0.29, 0.717) is 6.10 Å². The fourth-order valence-electron chi connectivity index (χ4n) is 4.05. The number of ether oxygens (including phenoxy) is 1. The first-order valence-corrected chi connectivity index (χ1v) is 8.72. The van der Waals surface area contributed by atoms with Crippen LogP contribution in [0.5, 0.6) is 0 Å². The molecule has 0 aromatic carbocycles. The topological polar surface area (TPSA) is 64.3 Å². The largest absolute Gasteiger partial charge is 0.378 e. The third-order valence-electron chi connectivity index (χ3n) is 5.81. The maximum absolute atomic E-state index is 12.4. The van der Waals surface area contributed by atoms with Crippen molar-refractivity contribution in [3.8, 4) is 0 Å². The molecule has 0 radical (unpaired) electrons. The highest BCUT2D eigenvalue weighted by molar-refractivity contribution is 5.82. The molecule has 4 unspecified atom stereocenters. The fraction of sp³-hybridized carbons (Fsp3) is 0.941. The van der Waals surface area contributed by atoms with Crippen molar-refractivity contribution < 1.29 is 9.53 Å². The Morgan fingerprint density at radius 3 is 2.57 bits per heavy atom. The first-order valence-electron chi connectivity index (χ1n) is 8.72. The van der Waals surface area contributed by atoms with Crippen LogP contribution < -0.4 is 11.1 Å². The van der Waals surface area contributed by atoms with Gasteiger partial charge in [0.2, 0.25) is 5.91 Å². The predicted molar refractivity (Wildman–Crippen MR) is 84.9 cm³/mol. The van der Waals surface area contributed by atoms with Crippen molar-refractivity contribution in [2.75, 3.05) is 6.61 Å². The SMILES string of the molecule is CCOC1CC(NC(=O)C(N)C(C)CC)C12CCCCC2. The van der Waals surface area contributed by atoms with Crippen LogP contribution in [0.4, 0.5) is 0 Å². The van der Waals surface area contributed by atoms with E-state index in [1.165, 1.54) is 32.1 Å². The highest BCUT2D eigenvalue weighted by Gasteiger charge is 2.56. The number of hydrogen-bond acceptors (Lipinski definition) is 3. The molecule has 4 nitrogen and oxygen atoms in total. The number of nitrogens with two attached hydrogens (primary N) is 1. The highest BCUT2D eigenvalue weighted by Crippen LogP contribution is 2.53. The zero-order valence-electron chi connectivity index (χ0n) is 13.9. The molecule has 1 amide bonds. The van der Waals surface area contributed by atoms with Crippen molar-refractivity contribution in [1.29, 1.82) is 0 Å². The summed E-state index contributed by atoms with van der Waals surface area (Å²) in [6.45, 7) is 6.94. The molecule has 2 aliphatic carbocycles. The molecule has 4 heteroatoms. The number of carbonyl (C=O) groups is 1. The van der Waals surface area contributed by atoms with E-state index >= 15 is 0 Å². The molecule has 0 heterocycles. The molecule has 2 fully saturated rings. The fourth-order valence-corrected chi connectivity index (χ4v) is 4.05. The zero-order valence-corrected chi connectivity index (χ0v) is 13.9. The van der Waals surface area contributed by atoms with Crippen molar-refractivity contribution in [3.63, 3.8) is 0 Å². The number of carbonyl (C=O) groups excluding carboxylic acids is 1. The van der Waals surface area contributed by atoms with Gasteiger partial charge in [-0.05, 0) is 32.1 Å². The van der Waals surface area contributed by atoms with Gasteiger partial charge in [0.1, 0.15) is 0 Å². The van der Waals surface area contributed by atoms with Gasteiger partial charge < -0.3 is 15.8 Å². The Bertz CT molecular complexity index is 353. The van der Waals surface area contributed by atoms with Gasteiger partial charge >= 0.3 is 0 Å². The van der Waals surface area contributed by atoms with Crippen LogP contribution in [-0.2, 0) is 9.53 Å². The van der Waals surface area contributed by atoms with E-state index < -0.39 is 0 Å². The summed E-state index contributed by atoms with van der Waals surface area (Å²) in [5.41, 5.74) is 6.25. The minimum atomic E-state index is -0.387. The number of nitrogens with one attached hydrogen (secondary N) is 1. The van der Waals surface area contributed by atoms with E-state index in [9.17, 15) is 4.79 Å². The van der Waals surface area contributed by atoms with Gasteiger partial charge in [-0.3, -0.25) is 4.79 Å². The smallest absolute Gasteiger partial charge is 0.237 e. The lowest BCUT2D eigenvalue weighted by molar-refractivity contribution is -0.157. The molecule has 1 spiro atoms. The van der Waals surface area contributed by atoms with E-state index in [1.54, 1.807) is 0 Å². The maximum Gasteiger partial charge on any atom is 0.237 e. The van der Waals surface area contributed by atoms with Gasteiger partial charge in [0, 0.05) is 18.1 Å². The third-order valence-corrected chi connectivity index (χ3v) is 5.81. The van der Waals surface area contributed by atoms with Crippen LogP contribution in [0.25, 0.3) is 0 Å². The molecular formula is C17H32N2O2. The summed E-state index contributed by atoms with van der Waals surface area (Å²) in [7, 11) is 0. The average Bonchev–Trinajstić information content (AvgIpc) is 2.53. The Kier molecular flexibility index (Phi) is 5.67. The summed E-state index contributed by atoms with van der Waals surface area (Å²) in [4.78, 5) is 12.4. The molecule has 21 heavy (non-hydrogen) atoms. The molecule has 2 aliphatic rings. The molecular weight excluding hydrogens is 264 g/mol. The van der Waals surface area contributed by atoms with E-state index in [0.717, 1.165) is 19.4 Å². The summed E-state index contributed by atoms with van der Waals surface area (Å²) in [5.74, 6) is 0.254. The van der Waals surface area contributed by atoms with Crippen LogP contribution >= 0.6 is 0 Å². The number of amides is 1. The molecule has 0 aromatic heterocycles. The second kappa shape index (κ2) is 7.10. The Hall–Kier alpha value is -0.610. The van der Waals surface area contributed by atoms with Crippen LogP contribution in [0.15, 0.2) is 0 Å². The van der Waals surface area contributed by atoms with Gasteiger partial charge in [-0.1, -0.05) is 39.5 Å². The first kappa shape index (κ1) is 16.8. The van der Waals surface area contributed by atoms with Crippen LogP contribution in [0, 0.1) is 11.3 Å². The van der Waals surface area contributed by atoms with Crippen LogP contribution in [0.1, 0.15) is 65.7 Å². The standard InChI is InChI=1S/C17H32N2O2/c1-4-12(3)15(18)16(20)19-13-11-14(21-5-2)17(13)9-7-6-8-10-17/h12-15H,4-11,18H2,1-3H3,(H,19,20). The van der Waals surface area contributed by atoms with Crippen molar-refractivity contribution >= 4 is 5.91 Å². The molecule has 0 saturated heterocycles. The van der Waals surface area contributed by atoms with Crippen molar-refractivity contribution in [2.24, 2.45) is 17.1 Å². The van der Waals surface area contributed by atoms with E-state index in [1.807, 2.05) is 6.92 Å². The molecule has 122 valence electrons. The second-order valence-corrected chi connectivity index (χ2v) is 6.95. The van der Waals surface area contributed by atoms with Crippen molar-refractivity contribution in [1.82, 2.24) is 5.32 Å². The van der Waals surface area contributed by atoms with Crippen LogP contribution in [-0.4, -0.2) is 30.7 Å². The van der Waals surface area contributed by atoms with Crippen LogP contribution in [0.2, 0.25) is 0 Å². The van der Waals surface area contributed by atoms with E-state index in [4.69, 9.17) is 10.5 Å². The summed E-state index contributed by atoms with van der Waals surface area (Å²) in [5, 5.41) is 3.24. The molecule has 0 aliphatic heterocycles. The summed E-state index contributed by atoms with van der Waals surface area (Å²) >= 11 is 0. The Morgan fingerprint density at radius 2 is 2.00 bits per heavy atom. The lowest BCUT2D eigenvalue weighted by atomic mass is 9.55. The van der Waals surface area contributed by atoms with Crippen molar-refractivity contribution in [2.45, 2.75) is 83.9 Å². The van der Waals surface area contributed by atoms with Crippen molar-refractivity contribution in [3.05, 3.63) is 0 Å². The number of hydrogen-bond donors (Lipinski definition) is 2. The normalized spacial score (nSPS) is 30.5. The van der Waals surface area contributed by atoms with E-state index in [-0.39, 0.29) is 29.3 Å². The van der Waals surface area contributed by atoms with Gasteiger partial charge in [0.25, 0.3) is 0 Å². The third kappa shape index (κ3) is 3.26. The molecule has 0 aromatic rings. The Morgan fingerprint density at radius 1 is 1.33 bits per heavy atom. The minimum Gasteiger partial charge on any atom is -0.378 e. The quantitative estimate of drug-likeness (QED) is 0.792. The van der Waals surface area contributed by atoms with Gasteiger partial charge in [-0.2, -0.15) is 0 Å². The molecule has 4 atom stereocenters. The zero-order chi connectivity index (χ0) is 15.5. The average molecular weight is 296 g/mol. The summed E-state index contributed by atoms with van der Waals surface area (Å²) < 4.78 is 5.93. The van der Waals surface area contributed by atoms with Gasteiger partial charge in [0.05, 0.1) is 12.1 Å². The Labute approximate surface area is 129 Å². The van der Waals surface area contributed by atoms with Gasteiger partial charge in [-0.15, -0.1) is 0 Å². The lowest BCUT2D eigenvalue weighted by Crippen LogP contribution is -2.67. The summed E-state index contributed by atoms with van der Waals surface area (Å²) in [6.07, 6.45) is 8.41. The molecule has 3 N–H and O–H groups in total. The highest BCUT2D eigenvalue weighted by atomic mass is 16.5. The molecule has 2 saturated carbocycles. The Balaban J connectivity index is 1.98. The molecule has 2 rings (SSSR count). The number of rotatable bonds is 6. The maximum atomic E-state index is 12.4. The van der Waals surface area contributed by atoms with Crippen LogP contribution in [0.3, 0.4) is 0 Å². The summed E-state index contributed by atoms with van der Waals surface area (Å²) in [6, 6.07) is -0.126. The second-order valence-electron chi connectivity index (χ2n) is 6.95. The monoisotopic (exact) mass is 296 g/mol. The predicted octanol–water partition coefficient (Wildman–Crippen LogP) is 2.60. The van der Waals surface area contributed by atoms with Gasteiger partial charge in [-0.25, -0.2) is 0 Å². The first-order chi connectivity index (χ1) is 10.0. The van der Waals surface area contributed by atoms with E-state index in [2.05, 4.69) is 19.2 Å². The van der Waals surface area contributed by atoms with Gasteiger partial charge in [0.15, 0.2) is 0 Å². The minimum absolute atomic E-state index is 0.0225. The lowest BCUT2D eigenvalue weighted by Gasteiger charge is -2.57. The molecule has 0 bridgehead atoms.